The van der Waals surface area contributed by atoms with Gasteiger partial charge >= 0.3 is 8.80 Å². The lowest BCUT2D eigenvalue weighted by Crippen LogP contribution is -2.44. The maximum Gasteiger partial charge on any atom is 0.528 e. The number of hydrogen-bond acceptors (Lipinski definition) is 3. The van der Waals surface area contributed by atoms with Gasteiger partial charge in [0.1, 0.15) is 0 Å². The highest BCUT2D eigenvalue weighted by molar-refractivity contribution is 6.66. The summed E-state index contributed by atoms with van der Waals surface area (Å²) in [4.78, 5) is 0. The first-order valence-corrected chi connectivity index (χ1v) is 8.24. The monoisotopic (exact) mass is 248 g/mol. The van der Waals surface area contributed by atoms with Crippen molar-refractivity contribution in [1.82, 2.24) is 0 Å². The molecule has 0 aromatic rings. The Labute approximate surface area is 97.9 Å². The molecule has 0 saturated carbocycles. The summed E-state index contributed by atoms with van der Waals surface area (Å²) in [5.41, 5.74) is 3.56. The van der Waals surface area contributed by atoms with Crippen LogP contribution in [0.2, 0.25) is 0 Å². The first-order valence-electron chi connectivity index (χ1n) is 5.28. The van der Waals surface area contributed by atoms with Crippen LogP contribution in [0, 0.1) is 0 Å². The van der Waals surface area contributed by atoms with Crippen LogP contribution in [0.4, 0.5) is 0 Å². The van der Waals surface area contributed by atoms with Gasteiger partial charge in [-0.2, -0.15) is 0 Å². The Hall–Kier alpha value is -0.206. The molecule has 5 heteroatoms. The average molecular weight is 248 g/mol. The van der Waals surface area contributed by atoms with Gasteiger partial charge in [0, 0.05) is 30.1 Å². The van der Waals surface area contributed by atoms with Gasteiger partial charge in [0.05, 0.1) is 0 Å². The minimum Gasteiger partial charge on any atom is -0.371 e. The molecule has 0 aliphatic heterocycles. The van der Waals surface area contributed by atoms with Crippen molar-refractivity contribution in [3.63, 3.8) is 0 Å². The van der Waals surface area contributed by atoms with E-state index in [2.05, 4.69) is 13.2 Å². The molecule has 0 N–H and O–H groups in total. The molecule has 15 heavy (non-hydrogen) atoms. The third kappa shape index (κ3) is 8.77. The van der Waals surface area contributed by atoms with Gasteiger partial charge in [-0.25, -0.2) is 0 Å². The summed E-state index contributed by atoms with van der Waals surface area (Å²) in [5.74, 6) is 0. The topological polar surface area (TPSA) is 27.7 Å². The molecule has 90 valence electrons. The molecule has 3 nitrogen and oxygen atoms in total. The SMILES string of the molecule is C=C[SiH3].C=C[Si](OCC)(OCC)OCC. The highest BCUT2D eigenvalue weighted by atomic mass is 28.4. The molecule has 0 fully saturated rings. The molecule has 0 atom stereocenters. The predicted octanol–water partition coefficient (Wildman–Crippen LogP) is 1.26. The quantitative estimate of drug-likeness (QED) is 0.635. The van der Waals surface area contributed by atoms with Gasteiger partial charge in [-0.3, -0.25) is 0 Å². The lowest BCUT2D eigenvalue weighted by atomic mass is 10.9. The Morgan fingerprint density at radius 2 is 1.27 bits per heavy atom. The molecule has 0 radical (unpaired) electrons. The molecule has 0 amide bonds. The average Bonchev–Trinajstić information content (AvgIpc) is 2.20. The van der Waals surface area contributed by atoms with E-state index in [4.69, 9.17) is 13.3 Å². The van der Waals surface area contributed by atoms with Crippen LogP contribution in [-0.2, 0) is 13.3 Å². The highest BCUT2D eigenvalue weighted by Crippen LogP contribution is 2.10. The summed E-state index contributed by atoms with van der Waals surface area (Å²) in [5, 5.41) is 0. The summed E-state index contributed by atoms with van der Waals surface area (Å²) in [6.45, 7) is 14.6. The molecular weight excluding hydrogens is 224 g/mol. The molecule has 0 aliphatic rings. The van der Waals surface area contributed by atoms with Crippen molar-refractivity contribution in [2.24, 2.45) is 0 Å². The zero-order chi connectivity index (χ0) is 12.2. The van der Waals surface area contributed by atoms with E-state index in [-0.39, 0.29) is 0 Å². The summed E-state index contributed by atoms with van der Waals surface area (Å²) in [6.07, 6.45) is 0. The Morgan fingerprint density at radius 3 is 1.40 bits per heavy atom. The molecule has 0 saturated heterocycles. The van der Waals surface area contributed by atoms with E-state index >= 15 is 0 Å². The second-order valence-corrected chi connectivity index (χ2v) is 5.81. The van der Waals surface area contributed by atoms with Gasteiger partial charge in [0.15, 0.2) is 0 Å². The Morgan fingerprint density at radius 1 is 1.00 bits per heavy atom. The van der Waals surface area contributed by atoms with Crippen LogP contribution in [0.3, 0.4) is 0 Å². The fourth-order valence-corrected chi connectivity index (χ4v) is 2.72. The minimum absolute atomic E-state index is 0.595. The van der Waals surface area contributed by atoms with E-state index in [1.807, 2.05) is 26.5 Å². The van der Waals surface area contributed by atoms with Crippen LogP contribution >= 0.6 is 0 Å². The largest absolute Gasteiger partial charge is 0.528 e. The molecule has 0 heterocycles. The van der Waals surface area contributed by atoms with Crippen LogP contribution in [0.25, 0.3) is 0 Å². The number of hydrogen-bond donors (Lipinski definition) is 0. The molecule has 0 unspecified atom stereocenters. The van der Waals surface area contributed by atoms with E-state index in [0.717, 1.165) is 10.2 Å². The summed E-state index contributed by atoms with van der Waals surface area (Å²) in [6, 6.07) is 0. The highest BCUT2D eigenvalue weighted by Gasteiger charge is 2.36. The van der Waals surface area contributed by atoms with Crippen LogP contribution in [0.1, 0.15) is 20.8 Å². The van der Waals surface area contributed by atoms with E-state index in [9.17, 15) is 0 Å². The van der Waals surface area contributed by atoms with E-state index in [1.165, 1.54) is 0 Å². The fourth-order valence-electron chi connectivity index (χ4n) is 0.905. The zero-order valence-electron chi connectivity index (χ0n) is 10.4. The normalized spacial score (nSPS) is 10.3. The van der Waals surface area contributed by atoms with Gasteiger partial charge in [0.2, 0.25) is 0 Å². The minimum atomic E-state index is -2.51. The molecule has 0 spiro atoms. The zero-order valence-corrected chi connectivity index (χ0v) is 13.4. The van der Waals surface area contributed by atoms with E-state index < -0.39 is 8.80 Å². The molecule has 0 aromatic heterocycles. The van der Waals surface area contributed by atoms with Gasteiger partial charge in [-0.15, -0.1) is 12.3 Å². The summed E-state index contributed by atoms with van der Waals surface area (Å²) < 4.78 is 16.3. The van der Waals surface area contributed by atoms with Gasteiger partial charge in [-0.1, -0.05) is 6.58 Å². The Balaban J connectivity index is 0. The van der Waals surface area contributed by atoms with Crippen LogP contribution < -0.4 is 0 Å². The van der Waals surface area contributed by atoms with Crippen molar-refractivity contribution >= 4 is 19.0 Å². The van der Waals surface area contributed by atoms with Crippen LogP contribution in [0.5, 0.6) is 0 Å². The van der Waals surface area contributed by atoms with Crippen LogP contribution in [0.15, 0.2) is 24.6 Å². The summed E-state index contributed by atoms with van der Waals surface area (Å²) in [7, 11) is -1.37. The van der Waals surface area contributed by atoms with Crippen molar-refractivity contribution < 1.29 is 13.3 Å². The van der Waals surface area contributed by atoms with E-state index in [1.54, 1.807) is 5.70 Å². The third-order valence-corrected chi connectivity index (χ3v) is 3.86. The number of rotatable bonds is 7. The molecular formula is C10H24O3Si2. The molecule has 0 rings (SSSR count). The molecule has 0 bridgehead atoms. The van der Waals surface area contributed by atoms with Crippen molar-refractivity contribution in [3.8, 4) is 0 Å². The lowest BCUT2D eigenvalue weighted by Gasteiger charge is -2.24. The van der Waals surface area contributed by atoms with Crippen molar-refractivity contribution in [1.29, 1.82) is 0 Å². The maximum atomic E-state index is 5.44. The smallest absolute Gasteiger partial charge is 0.371 e. The van der Waals surface area contributed by atoms with Crippen molar-refractivity contribution in [2.45, 2.75) is 20.8 Å². The second kappa shape index (κ2) is 11.9. The standard InChI is InChI=1S/C8H18O3Si.C2H6Si/c1-5-9-12(8-4,10-6-2)11-7-3;1-2-3/h8H,4-7H2,1-3H3;2H,1H2,3H3. The summed E-state index contributed by atoms with van der Waals surface area (Å²) >= 11 is 0. The Bertz CT molecular complexity index is 146. The first-order chi connectivity index (χ1) is 7.16. The predicted molar refractivity (Wildman–Crippen MR) is 71.0 cm³/mol. The van der Waals surface area contributed by atoms with Gasteiger partial charge in [-0.05, 0) is 26.5 Å². The fraction of sp³-hybridized carbons (Fsp3) is 0.600. The molecule has 0 aliphatic carbocycles. The van der Waals surface area contributed by atoms with Crippen LogP contribution in [-0.4, -0.2) is 38.9 Å². The first kappa shape index (κ1) is 17.2. The van der Waals surface area contributed by atoms with Crippen molar-refractivity contribution in [2.75, 3.05) is 19.8 Å². The van der Waals surface area contributed by atoms with E-state index in [0.29, 0.717) is 19.8 Å². The Kier molecular flexibility index (Phi) is 13.6. The van der Waals surface area contributed by atoms with Crippen molar-refractivity contribution in [3.05, 3.63) is 24.6 Å². The molecule has 0 aromatic carbocycles. The van der Waals surface area contributed by atoms with Gasteiger partial charge < -0.3 is 13.3 Å². The second-order valence-electron chi connectivity index (χ2n) is 2.51. The lowest BCUT2D eigenvalue weighted by molar-refractivity contribution is 0.0844. The maximum absolute atomic E-state index is 5.44. The third-order valence-electron chi connectivity index (χ3n) is 1.29. The van der Waals surface area contributed by atoms with Gasteiger partial charge in [0.25, 0.3) is 0 Å².